The minimum absolute atomic E-state index is 0.0305. The van der Waals surface area contributed by atoms with Crippen LogP contribution in [0.2, 0.25) is 0 Å². The van der Waals surface area contributed by atoms with Gasteiger partial charge in [0.1, 0.15) is 0 Å². The Labute approximate surface area is 164 Å². The lowest BCUT2D eigenvalue weighted by atomic mass is 9.69. The third-order valence-electron chi connectivity index (χ3n) is 6.18. The molecule has 27 heavy (non-hydrogen) atoms. The van der Waals surface area contributed by atoms with E-state index in [0.717, 1.165) is 36.3 Å². The Balaban J connectivity index is 1.42. The zero-order valence-corrected chi connectivity index (χ0v) is 16.6. The number of aliphatic hydroxyl groups is 1. The summed E-state index contributed by atoms with van der Waals surface area (Å²) in [6.07, 6.45) is 6.98. The largest absolute Gasteiger partial charge is 0.391 e. The maximum atomic E-state index is 12.7. The zero-order chi connectivity index (χ0) is 18.7. The number of fused-ring (bicyclic) bond motifs is 1. The fourth-order valence-electron chi connectivity index (χ4n) is 4.61. The maximum absolute atomic E-state index is 12.7. The highest BCUT2D eigenvalue weighted by Gasteiger charge is 2.36. The predicted molar refractivity (Wildman–Crippen MR) is 109 cm³/mol. The van der Waals surface area contributed by atoms with Crippen molar-refractivity contribution >= 4 is 27.5 Å². The molecule has 2 aromatic rings. The van der Waals surface area contributed by atoms with Gasteiger partial charge in [-0.1, -0.05) is 31.4 Å². The molecule has 2 aliphatic rings. The number of carbonyl (C=O) groups excluding carboxylic acids is 1. The van der Waals surface area contributed by atoms with Crippen molar-refractivity contribution in [3.8, 4) is 0 Å². The smallest absolute Gasteiger partial charge is 0.220 e. The van der Waals surface area contributed by atoms with E-state index < -0.39 is 0 Å². The van der Waals surface area contributed by atoms with Crippen LogP contribution >= 0.6 is 11.3 Å². The first-order chi connectivity index (χ1) is 13.1. The second-order valence-corrected chi connectivity index (χ2v) is 9.39. The number of rotatable bonds is 6. The van der Waals surface area contributed by atoms with Gasteiger partial charge in [-0.25, -0.2) is 4.98 Å². The number of β-amino-alcohol motifs (C(OH)–C–C–N with tert-alkyl or cyclic N) is 1. The molecule has 4 rings (SSSR count). The Morgan fingerprint density at radius 2 is 2.07 bits per heavy atom. The summed E-state index contributed by atoms with van der Waals surface area (Å²) in [5.74, 6) is 0.248. The van der Waals surface area contributed by atoms with Crippen LogP contribution in [0.15, 0.2) is 24.3 Å². The summed E-state index contributed by atoms with van der Waals surface area (Å²) >= 11 is 1.77. The van der Waals surface area contributed by atoms with E-state index in [4.69, 9.17) is 4.98 Å². The summed E-state index contributed by atoms with van der Waals surface area (Å²) in [4.78, 5) is 17.5. The van der Waals surface area contributed by atoms with Crippen LogP contribution in [0, 0.1) is 11.3 Å². The molecule has 3 N–H and O–H groups in total. The molecule has 1 aromatic heterocycles. The fourth-order valence-corrected chi connectivity index (χ4v) is 5.75. The summed E-state index contributed by atoms with van der Waals surface area (Å²) < 4.78 is 1.23. The molecule has 1 aliphatic heterocycles. The molecule has 1 amide bonds. The maximum Gasteiger partial charge on any atom is 0.220 e. The van der Waals surface area contributed by atoms with Gasteiger partial charge >= 0.3 is 0 Å². The van der Waals surface area contributed by atoms with Crippen molar-refractivity contribution in [1.29, 1.82) is 0 Å². The number of carbonyl (C=O) groups is 1. The van der Waals surface area contributed by atoms with Crippen molar-refractivity contribution in [1.82, 2.24) is 15.6 Å². The van der Waals surface area contributed by atoms with Crippen molar-refractivity contribution in [2.75, 3.05) is 19.6 Å². The van der Waals surface area contributed by atoms with Crippen LogP contribution in [-0.2, 0) is 11.2 Å². The first-order valence-electron chi connectivity index (χ1n) is 10.1. The van der Waals surface area contributed by atoms with E-state index in [0.29, 0.717) is 19.5 Å². The topological polar surface area (TPSA) is 74.2 Å². The Morgan fingerprint density at radius 3 is 2.81 bits per heavy atom. The summed E-state index contributed by atoms with van der Waals surface area (Å²) in [5, 5.41) is 17.3. The molecule has 0 bridgehead atoms. The molecule has 5 nitrogen and oxygen atoms in total. The number of nitrogens with one attached hydrogen (secondary N) is 2. The van der Waals surface area contributed by atoms with E-state index in [1.807, 2.05) is 6.07 Å². The Bertz CT molecular complexity index is 752. The average Bonchev–Trinajstić information content (AvgIpc) is 3.25. The number of benzene rings is 1. The lowest BCUT2D eigenvalue weighted by molar-refractivity contribution is -0.124. The molecule has 2 atom stereocenters. The van der Waals surface area contributed by atoms with Gasteiger partial charge in [0.25, 0.3) is 0 Å². The third kappa shape index (κ3) is 4.50. The SMILES string of the molecule is O=C(CC1(Cc2nc3ccccc3s2)CCCCC1)NCC1CNCC1O. The molecular formula is C21H29N3O2S. The molecule has 1 aliphatic carbocycles. The van der Waals surface area contributed by atoms with Gasteiger partial charge in [-0.05, 0) is 30.4 Å². The van der Waals surface area contributed by atoms with Crippen LogP contribution in [0.1, 0.15) is 43.5 Å². The Morgan fingerprint density at radius 1 is 1.26 bits per heavy atom. The van der Waals surface area contributed by atoms with Gasteiger partial charge in [0.2, 0.25) is 5.91 Å². The Hall–Kier alpha value is -1.50. The highest BCUT2D eigenvalue weighted by atomic mass is 32.1. The molecule has 1 aromatic carbocycles. The molecule has 6 heteroatoms. The van der Waals surface area contributed by atoms with Crippen molar-refractivity contribution in [2.45, 2.75) is 51.0 Å². The van der Waals surface area contributed by atoms with Crippen molar-refractivity contribution in [3.05, 3.63) is 29.3 Å². The van der Waals surface area contributed by atoms with E-state index in [9.17, 15) is 9.90 Å². The molecule has 0 radical (unpaired) electrons. The molecule has 146 valence electrons. The number of nitrogens with zero attached hydrogens (tertiary/aromatic N) is 1. The normalized spacial score (nSPS) is 24.9. The lowest BCUT2D eigenvalue weighted by Crippen LogP contribution is -2.38. The van der Waals surface area contributed by atoms with Crippen LogP contribution < -0.4 is 10.6 Å². The summed E-state index contributed by atoms with van der Waals surface area (Å²) in [7, 11) is 0. The second-order valence-electron chi connectivity index (χ2n) is 8.28. The summed E-state index contributed by atoms with van der Waals surface area (Å²) in [6, 6.07) is 8.27. The molecule has 1 saturated heterocycles. The number of aliphatic hydroxyl groups excluding tert-OH is 1. The van der Waals surface area contributed by atoms with Crippen LogP contribution in [-0.4, -0.2) is 41.7 Å². The molecule has 2 unspecified atom stereocenters. The van der Waals surface area contributed by atoms with E-state index in [2.05, 4.69) is 28.8 Å². The van der Waals surface area contributed by atoms with Gasteiger partial charge in [0.15, 0.2) is 0 Å². The zero-order valence-electron chi connectivity index (χ0n) is 15.7. The standard InChI is InChI=1S/C21H29N3O2S/c25-17-14-22-12-15(17)13-23-19(26)10-21(8-4-1-5-9-21)11-20-24-16-6-2-3-7-18(16)27-20/h2-3,6-7,15,17,22,25H,1,4-5,8-14H2,(H,23,26). The molecule has 1 saturated carbocycles. The second kappa shape index (κ2) is 8.25. The number of amides is 1. The number of thiazole rings is 1. The first kappa shape index (κ1) is 18.8. The van der Waals surface area contributed by atoms with Gasteiger partial charge < -0.3 is 15.7 Å². The average molecular weight is 388 g/mol. The minimum Gasteiger partial charge on any atom is -0.391 e. The number of hydrogen-bond donors (Lipinski definition) is 3. The van der Waals surface area contributed by atoms with Crippen LogP contribution in [0.25, 0.3) is 10.2 Å². The third-order valence-corrected chi connectivity index (χ3v) is 7.22. The molecule has 2 fully saturated rings. The Kier molecular flexibility index (Phi) is 5.76. The van der Waals surface area contributed by atoms with Gasteiger partial charge in [-0.3, -0.25) is 4.79 Å². The van der Waals surface area contributed by atoms with Gasteiger partial charge in [-0.15, -0.1) is 11.3 Å². The van der Waals surface area contributed by atoms with Crippen molar-refractivity contribution in [2.24, 2.45) is 11.3 Å². The van der Waals surface area contributed by atoms with E-state index in [1.54, 1.807) is 11.3 Å². The van der Waals surface area contributed by atoms with E-state index >= 15 is 0 Å². The lowest BCUT2D eigenvalue weighted by Gasteiger charge is -2.36. The van der Waals surface area contributed by atoms with Crippen LogP contribution in [0.3, 0.4) is 0 Å². The molecular weight excluding hydrogens is 358 g/mol. The van der Waals surface area contributed by atoms with Gasteiger partial charge in [0, 0.05) is 38.4 Å². The van der Waals surface area contributed by atoms with Gasteiger partial charge in [0.05, 0.1) is 21.3 Å². The van der Waals surface area contributed by atoms with E-state index in [1.165, 1.54) is 24.0 Å². The molecule has 0 spiro atoms. The quantitative estimate of drug-likeness (QED) is 0.713. The first-order valence-corrected chi connectivity index (χ1v) is 11.0. The summed E-state index contributed by atoms with van der Waals surface area (Å²) in [6.45, 7) is 1.96. The van der Waals surface area contributed by atoms with Crippen LogP contribution in [0.4, 0.5) is 0 Å². The minimum atomic E-state index is -0.350. The van der Waals surface area contributed by atoms with Crippen LogP contribution in [0.5, 0.6) is 0 Å². The van der Waals surface area contributed by atoms with Crippen molar-refractivity contribution < 1.29 is 9.90 Å². The predicted octanol–water partition coefficient (Wildman–Crippen LogP) is 2.88. The number of para-hydroxylation sites is 1. The number of aromatic nitrogens is 1. The highest BCUT2D eigenvalue weighted by Crippen LogP contribution is 2.43. The highest BCUT2D eigenvalue weighted by molar-refractivity contribution is 7.18. The fraction of sp³-hybridized carbons (Fsp3) is 0.619. The van der Waals surface area contributed by atoms with Crippen molar-refractivity contribution in [3.63, 3.8) is 0 Å². The number of hydrogen-bond acceptors (Lipinski definition) is 5. The summed E-state index contributed by atoms with van der Waals surface area (Å²) in [5.41, 5.74) is 1.10. The monoisotopic (exact) mass is 387 g/mol. The van der Waals surface area contributed by atoms with Gasteiger partial charge in [-0.2, -0.15) is 0 Å². The molecule has 2 heterocycles. The van der Waals surface area contributed by atoms with E-state index in [-0.39, 0.29) is 23.3 Å².